The molecule has 0 bridgehead atoms. The minimum atomic E-state index is -0.691. The van der Waals surface area contributed by atoms with Gasteiger partial charge in [-0.2, -0.15) is 0 Å². The lowest BCUT2D eigenvalue weighted by Gasteiger charge is -2.26. The first-order valence-corrected chi connectivity index (χ1v) is 8.45. The molecule has 3 rings (SSSR count). The fourth-order valence-corrected chi connectivity index (χ4v) is 3.35. The van der Waals surface area contributed by atoms with E-state index in [4.69, 9.17) is 0 Å². The zero-order valence-corrected chi connectivity index (χ0v) is 16.8. The van der Waals surface area contributed by atoms with Crippen molar-refractivity contribution >= 4 is 29.9 Å². The van der Waals surface area contributed by atoms with E-state index in [-0.39, 0.29) is 29.8 Å². The molecule has 7 heteroatoms. The molecule has 138 valence electrons. The SMILES string of the molecule is CN=C(NCC(O)c1ccc(F)cc1)N1CCC(N2CC=CC2)C1.I. The molecule has 2 unspecified atom stereocenters. The van der Waals surface area contributed by atoms with Crippen LogP contribution in [0.5, 0.6) is 0 Å². The van der Waals surface area contributed by atoms with Crippen LogP contribution in [-0.2, 0) is 0 Å². The molecule has 0 amide bonds. The molecule has 0 aromatic heterocycles. The van der Waals surface area contributed by atoms with E-state index in [2.05, 4.69) is 32.3 Å². The maximum absolute atomic E-state index is 13.0. The molecular formula is C18H26FIN4O. The van der Waals surface area contributed by atoms with Crippen LogP contribution in [0.15, 0.2) is 41.4 Å². The zero-order valence-electron chi connectivity index (χ0n) is 14.4. The predicted octanol–water partition coefficient (Wildman–Crippen LogP) is 2.00. The van der Waals surface area contributed by atoms with Gasteiger partial charge in [-0.1, -0.05) is 24.3 Å². The van der Waals surface area contributed by atoms with Crippen molar-refractivity contribution in [1.29, 1.82) is 0 Å². The van der Waals surface area contributed by atoms with E-state index in [0.717, 1.165) is 38.6 Å². The molecular weight excluding hydrogens is 434 g/mol. The lowest BCUT2D eigenvalue weighted by molar-refractivity contribution is 0.179. The Bertz CT molecular complexity index is 600. The lowest BCUT2D eigenvalue weighted by atomic mass is 10.1. The van der Waals surface area contributed by atoms with Gasteiger partial charge in [0.05, 0.1) is 6.10 Å². The van der Waals surface area contributed by atoms with E-state index in [9.17, 15) is 9.50 Å². The molecule has 2 heterocycles. The number of guanidine groups is 1. The van der Waals surface area contributed by atoms with Crippen molar-refractivity contribution in [1.82, 2.24) is 15.1 Å². The van der Waals surface area contributed by atoms with Crippen LogP contribution in [0.4, 0.5) is 4.39 Å². The van der Waals surface area contributed by atoms with E-state index in [1.165, 1.54) is 12.1 Å². The molecule has 1 aromatic rings. The van der Waals surface area contributed by atoms with Crippen molar-refractivity contribution in [3.05, 3.63) is 47.8 Å². The van der Waals surface area contributed by atoms with Gasteiger partial charge in [-0.25, -0.2) is 4.39 Å². The molecule has 0 aliphatic carbocycles. The highest BCUT2D eigenvalue weighted by Gasteiger charge is 2.29. The second-order valence-electron chi connectivity index (χ2n) is 6.31. The standard InChI is InChI=1S/C18H25FN4O.HI/c1-20-18(21-12-17(24)14-4-6-15(19)7-5-14)23-11-8-16(13-23)22-9-2-3-10-22;/h2-7,16-17,24H,8-13H2,1H3,(H,20,21);1H. The minimum Gasteiger partial charge on any atom is -0.387 e. The van der Waals surface area contributed by atoms with Crippen molar-refractivity contribution in [3.8, 4) is 0 Å². The molecule has 2 N–H and O–H groups in total. The third kappa shape index (κ3) is 5.15. The zero-order chi connectivity index (χ0) is 16.9. The Hall–Kier alpha value is -1.19. The number of benzene rings is 1. The molecule has 2 atom stereocenters. The summed E-state index contributed by atoms with van der Waals surface area (Å²) in [5, 5.41) is 13.5. The first-order valence-electron chi connectivity index (χ1n) is 8.45. The minimum absolute atomic E-state index is 0. The Labute approximate surface area is 165 Å². The van der Waals surface area contributed by atoms with Crippen molar-refractivity contribution in [2.45, 2.75) is 18.6 Å². The number of likely N-dealkylation sites (tertiary alicyclic amines) is 1. The van der Waals surface area contributed by atoms with E-state index in [0.29, 0.717) is 18.2 Å². The number of aliphatic hydroxyl groups is 1. The first-order chi connectivity index (χ1) is 11.7. The smallest absolute Gasteiger partial charge is 0.193 e. The van der Waals surface area contributed by atoms with Crippen LogP contribution in [0.2, 0.25) is 0 Å². The number of nitrogens with one attached hydrogen (secondary N) is 1. The van der Waals surface area contributed by atoms with Crippen LogP contribution >= 0.6 is 24.0 Å². The summed E-state index contributed by atoms with van der Waals surface area (Å²) in [5.41, 5.74) is 0.696. The summed E-state index contributed by atoms with van der Waals surface area (Å²) in [6.45, 7) is 4.34. The first kappa shape index (κ1) is 20.1. The Morgan fingerprint density at radius 3 is 2.64 bits per heavy atom. The number of hydrogen-bond donors (Lipinski definition) is 2. The number of halogens is 2. The van der Waals surface area contributed by atoms with E-state index in [1.54, 1.807) is 19.2 Å². The van der Waals surface area contributed by atoms with E-state index >= 15 is 0 Å². The van der Waals surface area contributed by atoms with Crippen LogP contribution in [0, 0.1) is 5.82 Å². The highest BCUT2D eigenvalue weighted by atomic mass is 127. The molecule has 0 spiro atoms. The molecule has 2 aliphatic heterocycles. The van der Waals surface area contributed by atoms with Gasteiger partial charge in [-0.05, 0) is 24.1 Å². The Balaban J connectivity index is 0.00000225. The van der Waals surface area contributed by atoms with Gasteiger partial charge in [0.1, 0.15) is 5.82 Å². The quantitative estimate of drug-likeness (QED) is 0.313. The van der Waals surface area contributed by atoms with Gasteiger partial charge in [0.15, 0.2) is 5.96 Å². The van der Waals surface area contributed by atoms with Gasteiger partial charge < -0.3 is 15.3 Å². The lowest BCUT2D eigenvalue weighted by Crippen LogP contribution is -2.43. The monoisotopic (exact) mass is 460 g/mol. The van der Waals surface area contributed by atoms with Gasteiger partial charge in [0.25, 0.3) is 0 Å². The van der Waals surface area contributed by atoms with Gasteiger partial charge in [-0.15, -0.1) is 24.0 Å². The average molecular weight is 460 g/mol. The largest absolute Gasteiger partial charge is 0.387 e. The van der Waals surface area contributed by atoms with Gasteiger partial charge in [-0.3, -0.25) is 9.89 Å². The Morgan fingerprint density at radius 2 is 2.00 bits per heavy atom. The molecule has 0 radical (unpaired) electrons. The second-order valence-corrected chi connectivity index (χ2v) is 6.31. The van der Waals surface area contributed by atoms with Crippen molar-refractivity contribution < 1.29 is 9.50 Å². The topological polar surface area (TPSA) is 51.1 Å². The van der Waals surface area contributed by atoms with Crippen LogP contribution in [0.25, 0.3) is 0 Å². The molecule has 1 aromatic carbocycles. The van der Waals surface area contributed by atoms with Crippen molar-refractivity contribution in [2.24, 2.45) is 4.99 Å². The van der Waals surface area contributed by atoms with E-state index in [1.807, 2.05) is 0 Å². The van der Waals surface area contributed by atoms with Gasteiger partial charge in [0, 0.05) is 45.8 Å². The summed E-state index contributed by atoms with van der Waals surface area (Å²) in [6, 6.07) is 6.50. The predicted molar refractivity (Wildman–Crippen MR) is 109 cm³/mol. The van der Waals surface area contributed by atoms with Gasteiger partial charge in [0.2, 0.25) is 0 Å². The van der Waals surface area contributed by atoms with Crippen LogP contribution in [0.3, 0.4) is 0 Å². The molecule has 1 saturated heterocycles. The summed E-state index contributed by atoms with van der Waals surface area (Å²) >= 11 is 0. The third-order valence-electron chi connectivity index (χ3n) is 4.75. The number of rotatable bonds is 4. The summed E-state index contributed by atoms with van der Waals surface area (Å²) < 4.78 is 13.0. The fourth-order valence-electron chi connectivity index (χ4n) is 3.35. The molecule has 5 nitrogen and oxygen atoms in total. The normalized spacial score (nSPS) is 22.1. The highest BCUT2D eigenvalue weighted by Crippen LogP contribution is 2.18. The number of aliphatic imine (C=N–C) groups is 1. The summed E-state index contributed by atoms with van der Waals surface area (Å²) in [6.07, 6.45) is 4.87. The summed E-state index contributed by atoms with van der Waals surface area (Å²) in [4.78, 5) is 9.05. The number of aliphatic hydroxyl groups excluding tert-OH is 1. The van der Waals surface area contributed by atoms with Crippen LogP contribution in [-0.4, -0.2) is 66.7 Å². The van der Waals surface area contributed by atoms with Crippen molar-refractivity contribution in [2.75, 3.05) is 39.8 Å². The maximum atomic E-state index is 13.0. The molecule has 1 fully saturated rings. The van der Waals surface area contributed by atoms with Crippen LogP contribution in [0.1, 0.15) is 18.1 Å². The second kappa shape index (κ2) is 9.49. The Kier molecular flexibility index (Phi) is 7.64. The summed E-state index contributed by atoms with van der Waals surface area (Å²) in [5.74, 6) is 0.514. The Morgan fingerprint density at radius 1 is 1.32 bits per heavy atom. The molecule has 25 heavy (non-hydrogen) atoms. The number of nitrogens with zero attached hydrogens (tertiary/aromatic N) is 3. The van der Waals surface area contributed by atoms with Gasteiger partial charge >= 0.3 is 0 Å². The summed E-state index contributed by atoms with van der Waals surface area (Å²) in [7, 11) is 1.76. The van der Waals surface area contributed by atoms with E-state index < -0.39 is 6.10 Å². The average Bonchev–Trinajstić information content (AvgIpc) is 3.27. The van der Waals surface area contributed by atoms with Crippen LogP contribution < -0.4 is 5.32 Å². The third-order valence-corrected chi connectivity index (χ3v) is 4.75. The number of hydrogen-bond acceptors (Lipinski definition) is 3. The highest BCUT2D eigenvalue weighted by molar-refractivity contribution is 14.0. The molecule has 2 aliphatic rings. The maximum Gasteiger partial charge on any atom is 0.193 e. The fraction of sp³-hybridized carbons (Fsp3) is 0.500. The molecule has 0 saturated carbocycles. The van der Waals surface area contributed by atoms with Crippen molar-refractivity contribution in [3.63, 3.8) is 0 Å².